The molecular formula is C24H22ClNO5S. The van der Waals surface area contributed by atoms with Crippen molar-refractivity contribution >= 4 is 28.6 Å². The molecule has 2 unspecified atom stereocenters. The molecule has 4 rings (SSSR count). The second-order valence-corrected chi connectivity index (χ2v) is 9.26. The zero-order valence-corrected chi connectivity index (χ0v) is 19.2. The van der Waals surface area contributed by atoms with Gasteiger partial charge in [-0.1, -0.05) is 35.9 Å². The van der Waals surface area contributed by atoms with E-state index in [0.717, 1.165) is 22.3 Å². The predicted octanol–water partition coefficient (Wildman–Crippen LogP) is 4.56. The quantitative estimate of drug-likeness (QED) is 0.570. The van der Waals surface area contributed by atoms with E-state index in [-0.39, 0.29) is 13.0 Å². The van der Waals surface area contributed by atoms with Crippen molar-refractivity contribution in [2.24, 2.45) is 0 Å². The number of carboxylic acids is 1. The smallest absolute Gasteiger partial charge is 0.322 e. The van der Waals surface area contributed by atoms with Gasteiger partial charge in [0.25, 0.3) is 0 Å². The number of rotatable bonds is 6. The van der Waals surface area contributed by atoms with Crippen LogP contribution in [0.25, 0.3) is 11.1 Å². The van der Waals surface area contributed by atoms with E-state index in [4.69, 9.17) is 21.1 Å². The van der Waals surface area contributed by atoms with Crippen molar-refractivity contribution < 1.29 is 23.6 Å². The summed E-state index contributed by atoms with van der Waals surface area (Å²) in [6, 6.07) is 17.4. The molecule has 6 nitrogen and oxygen atoms in total. The van der Waals surface area contributed by atoms with Crippen LogP contribution in [-0.2, 0) is 28.7 Å². The Morgan fingerprint density at radius 3 is 2.03 bits per heavy atom. The van der Waals surface area contributed by atoms with Crippen molar-refractivity contribution in [2.75, 3.05) is 14.2 Å². The summed E-state index contributed by atoms with van der Waals surface area (Å²) in [5.41, 5.74) is 3.66. The summed E-state index contributed by atoms with van der Waals surface area (Å²) in [5, 5.41) is 10.5. The van der Waals surface area contributed by atoms with Crippen LogP contribution in [0.1, 0.15) is 11.1 Å². The third-order valence-corrected chi connectivity index (χ3v) is 7.26. The number of carboxylic acid groups (broad SMARTS) is 1. The van der Waals surface area contributed by atoms with Gasteiger partial charge < -0.3 is 14.6 Å². The third kappa shape index (κ3) is 4.37. The van der Waals surface area contributed by atoms with Gasteiger partial charge in [-0.25, -0.2) is 8.51 Å². The minimum Gasteiger partial charge on any atom is -0.493 e. The molecular weight excluding hydrogens is 450 g/mol. The predicted molar refractivity (Wildman–Crippen MR) is 124 cm³/mol. The van der Waals surface area contributed by atoms with Gasteiger partial charge in [0.15, 0.2) is 11.5 Å². The van der Waals surface area contributed by atoms with Gasteiger partial charge >= 0.3 is 5.97 Å². The van der Waals surface area contributed by atoms with E-state index in [1.54, 1.807) is 25.3 Å². The minimum absolute atomic E-state index is 0.220. The first-order valence-corrected chi connectivity index (χ1v) is 11.4. The maximum atomic E-state index is 13.4. The van der Waals surface area contributed by atoms with Crippen LogP contribution >= 0.6 is 11.6 Å². The number of fused-ring (bicyclic) bond motifs is 1. The van der Waals surface area contributed by atoms with Crippen molar-refractivity contribution in [3.05, 3.63) is 76.8 Å². The molecule has 1 aliphatic rings. The molecule has 1 aliphatic heterocycles. The number of carbonyl (C=O) groups is 1. The highest BCUT2D eigenvalue weighted by Gasteiger charge is 2.36. The van der Waals surface area contributed by atoms with Crippen LogP contribution in [0.2, 0.25) is 5.02 Å². The van der Waals surface area contributed by atoms with E-state index in [1.807, 2.05) is 42.5 Å². The monoisotopic (exact) mass is 471 g/mol. The Hall–Kier alpha value is -2.87. The first kappa shape index (κ1) is 22.3. The highest BCUT2D eigenvalue weighted by Crippen LogP contribution is 2.36. The van der Waals surface area contributed by atoms with Gasteiger partial charge in [0.2, 0.25) is 0 Å². The van der Waals surface area contributed by atoms with Crippen molar-refractivity contribution in [1.82, 2.24) is 4.31 Å². The molecule has 0 spiro atoms. The Balaban J connectivity index is 1.63. The third-order valence-electron chi connectivity index (χ3n) is 5.52. The fourth-order valence-electron chi connectivity index (χ4n) is 3.81. The van der Waals surface area contributed by atoms with Crippen LogP contribution in [0, 0.1) is 0 Å². The summed E-state index contributed by atoms with van der Waals surface area (Å²) in [7, 11) is 1.43. The molecule has 0 aromatic heterocycles. The Labute approximate surface area is 193 Å². The summed E-state index contributed by atoms with van der Waals surface area (Å²) in [6.45, 7) is 0.220. The van der Waals surface area contributed by atoms with E-state index in [9.17, 15) is 14.1 Å². The summed E-state index contributed by atoms with van der Waals surface area (Å²) >= 11 is 5.95. The van der Waals surface area contributed by atoms with Gasteiger partial charge in [-0.15, -0.1) is 0 Å². The number of hydrogen-bond acceptors (Lipinski definition) is 4. The molecule has 1 N–H and O–H groups in total. The van der Waals surface area contributed by atoms with E-state index in [1.165, 1.54) is 11.4 Å². The number of ether oxygens (including phenoxy) is 2. The number of methoxy groups -OCH3 is 2. The lowest BCUT2D eigenvalue weighted by molar-refractivity contribution is -0.141. The molecule has 0 fully saturated rings. The lowest BCUT2D eigenvalue weighted by Crippen LogP contribution is -2.46. The molecule has 0 saturated carbocycles. The average Bonchev–Trinajstić information content (AvgIpc) is 2.82. The Bertz CT molecular complexity index is 1160. The topological polar surface area (TPSA) is 76.1 Å². The first-order chi connectivity index (χ1) is 15.4. The van der Waals surface area contributed by atoms with Crippen LogP contribution in [-0.4, -0.2) is 39.9 Å². The molecule has 0 radical (unpaired) electrons. The van der Waals surface area contributed by atoms with Gasteiger partial charge in [-0.05, 0) is 58.7 Å². The van der Waals surface area contributed by atoms with Crippen molar-refractivity contribution in [1.29, 1.82) is 0 Å². The van der Waals surface area contributed by atoms with Gasteiger partial charge in [0.1, 0.15) is 17.0 Å². The highest BCUT2D eigenvalue weighted by molar-refractivity contribution is 7.82. The molecule has 0 amide bonds. The van der Waals surface area contributed by atoms with E-state index < -0.39 is 23.0 Å². The SMILES string of the molecule is COc1cc2c(cc1OC)CN(S(=O)c1ccc(-c3ccc(Cl)cc3)cc1)C(C(=O)O)C2. The van der Waals surface area contributed by atoms with E-state index in [2.05, 4.69) is 0 Å². The van der Waals surface area contributed by atoms with E-state index in [0.29, 0.717) is 21.4 Å². The lowest BCUT2D eigenvalue weighted by atomic mass is 9.95. The zero-order valence-electron chi connectivity index (χ0n) is 17.6. The molecule has 0 saturated heterocycles. The van der Waals surface area contributed by atoms with Crippen LogP contribution < -0.4 is 9.47 Å². The summed E-state index contributed by atoms with van der Waals surface area (Å²) in [6.07, 6.45) is 0.222. The number of halogens is 1. The molecule has 32 heavy (non-hydrogen) atoms. The number of nitrogens with zero attached hydrogens (tertiary/aromatic N) is 1. The second kappa shape index (κ2) is 9.32. The molecule has 166 valence electrons. The number of benzene rings is 3. The van der Waals surface area contributed by atoms with Gasteiger partial charge in [-0.2, -0.15) is 0 Å². The Morgan fingerprint density at radius 2 is 1.50 bits per heavy atom. The Morgan fingerprint density at radius 1 is 0.969 bits per heavy atom. The van der Waals surface area contributed by atoms with Crippen molar-refractivity contribution in [3.63, 3.8) is 0 Å². The van der Waals surface area contributed by atoms with Crippen LogP contribution in [0.4, 0.5) is 0 Å². The van der Waals surface area contributed by atoms with Crippen LogP contribution in [0.15, 0.2) is 65.6 Å². The normalized spacial score (nSPS) is 16.8. The summed E-state index contributed by atoms with van der Waals surface area (Å²) in [4.78, 5) is 12.6. The molecule has 1 heterocycles. The van der Waals surface area contributed by atoms with Crippen molar-refractivity contribution in [3.8, 4) is 22.6 Å². The fourth-order valence-corrected chi connectivity index (χ4v) is 5.23. The van der Waals surface area contributed by atoms with Crippen LogP contribution in [0.5, 0.6) is 11.5 Å². The molecule has 3 aromatic carbocycles. The van der Waals surface area contributed by atoms with E-state index >= 15 is 0 Å². The summed E-state index contributed by atoms with van der Waals surface area (Å²) in [5.74, 6) is 0.0809. The van der Waals surface area contributed by atoms with Gasteiger partial charge in [0, 0.05) is 18.0 Å². The van der Waals surface area contributed by atoms with Crippen LogP contribution in [0.3, 0.4) is 0 Å². The fraction of sp³-hybridized carbons (Fsp3) is 0.208. The minimum atomic E-state index is -1.65. The first-order valence-electron chi connectivity index (χ1n) is 9.92. The summed E-state index contributed by atoms with van der Waals surface area (Å²) < 4.78 is 25.6. The zero-order chi connectivity index (χ0) is 22.8. The molecule has 0 aliphatic carbocycles. The van der Waals surface area contributed by atoms with Gasteiger partial charge in [0.05, 0.1) is 19.1 Å². The molecule has 2 atom stereocenters. The Kier molecular flexibility index (Phi) is 6.50. The molecule has 8 heteroatoms. The number of aliphatic carboxylic acids is 1. The highest BCUT2D eigenvalue weighted by atomic mass is 35.5. The maximum Gasteiger partial charge on any atom is 0.322 e. The van der Waals surface area contributed by atoms with Crippen molar-refractivity contribution in [2.45, 2.75) is 23.9 Å². The van der Waals surface area contributed by atoms with Gasteiger partial charge in [-0.3, -0.25) is 4.79 Å². The standard InChI is InChI=1S/C24H22ClNO5S/c1-30-22-12-17-11-21(24(27)28)26(14-18(17)13-23(22)31-2)32(29)20-9-5-16(6-10-20)15-3-7-19(25)8-4-15/h3-10,12-13,21H,11,14H2,1-2H3,(H,27,28). The molecule has 3 aromatic rings. The largest absolute Gasteiger partial charge is 0.493 e. The maximum absolute atomic E-state index is 13.4. The molecule has 0 bridgehead atoms. The average molecular weight is 472 g/mol. The lowest BCUT2D eigenvalue weighted by Gasteiger charge is -2.33. The second-order valence-electron chi connectivity index (χ2n) is 7.39. The number of hydrogen-bond donors (Lipinski definition) is 1.